The molecule has 0 fully saturated rings. The van der Waals surface area contributed by atoms with Crippen LogP contribution in [0.1, 0.15) is 178 Å². The van der Waals surface area contributed by atoms with Gasteiger partial charge in [0.2, 0.25) is 0 Å². The Morgan fingerprint density at radius 2 is 0.608 bits per heavy atom. The van der Waals surface area contributed by atoms with E-state index in [1.165, 1.54) is 226 Å². The number of rotatable bonds is 6. The average Bonchev–Trinajstić information content (AvgIpc) is 1.54. The van der Waals surface area contributed by atoms with Gasteiger partial charge >= 0.3 is 0 Å². The fourth-order valence-electron chi connectivity index (χ4n) is 22.2. The van der Waals surface area contributed by atoms with Crippen LogP contribution in [0.4, 0.5) is 0 Å². The summed E-state index contributed by atoms with van der Waals surface area (Å²) in [7, 11) is 8.84. The van der Waals surface area contributed by atoms with Gasteiger partial charge in [0, 0.05) is 55.0 Å². The molecule has 22 aromatic rings. The maximum Gasteiger partial charge on any atom is 0.297 e. The second-order valence-electron chi connectivity index (χ2n) is 41.0. The number of pyridine rings is 3. The van der Waals surface area contributed by atoms with Crippen LogP contribution >= 0.6 is 0 Å². The predicted octanol–water partition coefficient (Wildman–Crippen LogP) is 29.4. The second kappa shape index (κ2) is 32.2. The third-order valence-electron chi connectivity index (χ3n) is 28.0. The highest BCUT2D eigenvalue weighted by Gasteiger charge is 2.38. The van der Waals surface area contributed by atoms with Crippen molar-refractivity contribution in [3.8, 4) is 34.2 Å². The van der Waals surface area contributed by atoms with Crippen molar-refractivity contribution in [2.45, 2.75) is 172 Å². The first-order valence-electron chi connectivity index (χ1n) is 46.6. The molecule has 0 bridgehead atoms. The van der Waals surface area contributed by atoms with Crippen LogP contribution in [-0.4, -0.2) is 22.9 Å². The molecule has 0 amide bonds. The lowest BCUT2D eigenvalue weighted by Gasteiger charge is -2.23. The largest absolute Gasteiger partial charge is 0.297 e. The van der Waals surface area contributed by atoms with Gasteiger partial charge in [-0.05, 0) is 218 Å². The molecule has 130 heavy (non-hydrogen) atoms. The van der Waals surface area contributed by atoms with Gasteiger partial charge in [-0.25, -0.2) is 18.3 Å². The molecule has 15 aromatic carbocycles. The Morgan fingerprint density at radius 3 is 1.04 bits per heavy atom. The molecule has 0 aliphatic rings. The first-order valence-corrected chi connectivity index (χ1v) is 46.6. The van der Waals surface area contributed by atoms with Crippen LogP contribution in [0.2, 0.25) is 0 Å². The quantitative estimate of drug-likeness (QED) is 0.121. The zero-order valence-corrected chi connectivity index (χ0v) is 80.5. The molecule has 0 unspecified atom stereocenters. The zero-order chi connectivity index (χ0) is 91.4. The highest BCUT2D eigenvalue weighted by atomic mass is 15.2. The molecular weight excluding hydrogens is 1580 g/mol. The van der Waals surface area contributed by atoms with Crippen LogP contribution in [0.3, 0.4) is 0 Å². The fourth-order valence-corrected chi connectivity index (χ4v) is 22.2. The normalized spacial score (nSPS) is 12.4. The highest BCUT2D eigenvalue weighted by Crippen LogP contribution is 2.48. The van der Waals surface area contributed by atoms with Crippen molar-refractivity contribution in [3.05, 3.63) is 353 Å². The second-order valence-corrected chi connectivity index (χ2v) is 41.0. The first-order chi connectivity index (χ1) is 62.2. The van der Waals surface area contributed by atoms with Gasteiger partial charge in [-0.1, -0.05) is 311 Å². The van der Waals surface area contributed by atoms with E-state index < -0.39 is 0 Å². The molecule has 0 atom stereocenters. The number of aryl methyl sites for hydroxylation is 8. The van der Waals surface area contributed by atoms with E-state index in [2.05, 4.69) is 500 Å². The van der Waals surface area contributed by atoms with Crippen LogP contribution in [0.25, 0.3) is 176 Å². The highest BCUT2D eigenvalue weighted by molar-refractivity contribution is 6.26. The summed E-state index contributed by atoms with van der Waals surface area (Å²) in [5, 5.41) is 17.0. The number of hydrogen-bond donors (Lipinski definition) is 0. The van der Waals surface area contributed by atoms with Gasteiger partial charge in [0.05, 0.1) is 55.6 Å². The van der Waals surface area contributed by atoms with Crippen molar-refractivity contribution in [3.63, 3.8) is 0 Å². The molecule has 0 saturated heterocycles. The Kier molecular flexibility index (Phi) is 21.3. The topological polar surface area (TPSA) is 47.1 Å². The van der Waals surface area contributed by atoms with Crippen LogP contribution in [0.5, 0.6) is 0 Å². The zero-order valence-electron chi connectivity index (χ0n) is 80.5. The standard InChI is InChI=1S/C39H43N2.C33H31N2.C25H25N2.C24H24N3/c1-24(2)28-20-15-21-29(25(3)4)35(28)41-36-32-19-14-13-18-30(32)31-22-23-33(39(6,7)8)26(5)34(31)37(36)40(9)38(41)27-16-11-10-12-17-27;1-22-28(33(2,3)4)21-20-26-25-18-12-13-19-27(25)30-31(29(22)26)34(5)32(23-14-8-6-9-15-23)35(30)24-16-10-7-11-17-24;1-16-19(25(2,3)4)15-14-18-17-10-6-7-11-20(17)27-22-13-9-8-12-21(22)26(5)24(27)23(16)18;1-15-17(24(2,3)4)14-25-22-16-10-6-7-11-18(16)27-20-13-9-8-12-19(20)26(5)23(27)21(15)22/h10-25H,1-9H3;6-21H,1-5H3;6-15H,1-5H3;6-14H,1-5H3/q4*+1. The minimum atomic E-state index is 0.0503. The number of hydrogen-bond acceptors (Lipinski definition) is 1. The molecule has 9 nitrogen and oxygen atoms in total. The maximum atomic E-state index is 4.97. The molecule has 0 aliphatic carbocycles. The van der Waals surface area contributed by atoms with E-state index in [1.54, 1.807) is 0 Å². The summed E-state index contributed by atoms with van der Waals surface area (Å²) in [5.74, 6) is 3.17. The molecule has 0 spiro atoms. The molecule has 0 N–H and O–H groups in total. The number of nitrogens with zero attached hydrogens (tertiary/aromatic N) is 9. The van der Waals surface area contributed by atoms with E-state index in [-0.39, 0.29) is 21.7 Å². The third-order valence-corrected chi connectivity index (χ3v) is 28.0. The Bertz CT molecular complexity index is 8080. The summed E-state index contributed by atoms with van der Waals surface area (Å²) < 4.78 is 19.4. The van der Waals surface area contributed by atoms with Crippen LogP contribution in [-0.2, 0) is 49.9 Å². The van der Waals surface area contributed by atoms with E-state index in [0.29, 0.717) is 11.8 Å². The molecule has 9 heteroatoms. The van der Waals surface area contributed by atoms with Gasteiger partial charge in [0.15, 0.2) is 44.1 Å². The summed E-state index contributed by atoms with van der Waals surface area (Å²) in [5.41, 5.74) is 35.1. The summed E-state index contributed by atoms with van der Waals surface area (Å²) in [6.07, 6.45) is 2.07. The lowest BCUT2D eigenvalue weighted by Crippen LogP contribution is -2.30. The van der Waals surface area contributed by atoms with Crippen molar-refractivity contribution in [1.29, 1.82) is 0 Å². The van der Waals surface area contributed by atoms with Crippen LogP contribution in [0, 0.1) is 27.7 Å². The van der Waals surface area contributed by atoms with Crippen molar-refractivity contribution in [2.24, 2.45) is 28.2 Å². The minimum Gasteiger partial charge on any atom is -0.255 e. The molecule has 0 saturated carbocycles. The number of benzene rings is 15. The lowest BCUT2D eigenvalue weighted by atomic mass is 9.81. The number of fused-ring (bicyclic) bond motifs is 28. The van der Waals surface area contributed by atoms with Crippen molar-refractivity contribution in [1.82, 2.24) is 22.9 Å². The molecular formula is C121H123N9+4. The van der Waals surface area contributed by atoms with Crippen molar-refractivity contribution < 1.29 is 18.3 Å². The Morgan fingerprint density at radius 1 is 0.277 bits per heavy atom. The van der Waals surface area contributed by atoms with E-state index in [0.717, 1.165) is 5.52 Å². The molecule has 7 aromatic heterocycles. The molecule has 22 rings (SSSR count). The summed E-state index contributed by atoms with van der Waals surface area (Å²) >= 11 is 0. The fraction of sp³-hybridized carbons (Fsp3) is 0.248. The summed E-state index contributed by atoms with van der Waals surface area (Å²) in [6, 6.07) is 106. The first kappa shape index (κ1) is 85.8. The van der Waals surface area contributed by atoms with Gasteiger partial charge in [-0.15, -0.1) is 0 Å². The molecule has 648 valence electrons. The van der Waals surface area contributed by atoms with Crippen molar-refractivity contribution in [2.75, 3.05) is 0 Å². The molecule has 0 aliphatic heterocycles. The lowest BCUT2D eigenvalue weighted by molar-refractivity contribution is -0.633. The van der Waals surface area contributed by atoms with E-state index in [4.69, 9.17) is 4.98 Å². The van der Waals surface area contributed by atoms with Gasteiger partial charge < -0.3 is 0 Å². The van der Waals surface area contributed by atoms with Crippen LogP contribution in [0.15, 0.2) is 297 Å². The molecule has 7 heterocycles. The summed E-state index contributed by atoms with van der Waals surface area (Å²) in [6.45, 7) is 46.1. The number of para-hydroxylation sites is 8. The SMILES string of the molecule is Cc1c(C(C)(C)C)ccc2c3ccccc3c3c(c12)[n+](C)c(-c1ccccc1)n3-c1c(C(C)C)cccc1C(C)C.Cc1c(C(C)(C)C)ccc2c3ccccc3c3c(c12)[n+](C)c(-c1ccccc1)n3-c1ccccc1.Cc1c(C(C)(C)C)ccc2c3ccccc3n3c4ccccc4[n+](C)c3c12.Cc1c(C(C)(C)C)cnc2c3ccccc3n3c4ccccc4[n+](C)c3c12. The third kappa shape index (κ3) is 13.8. The Balaban J connectivity index is 0.000000114. The van der Waals surface area contributed by atoms with Crippen LogP contribution < -0.4 is 18.3 Å². The Hall–Kier alpha value is -13.6. The Labute approximate surface area is 765 Å². The smallest absolute Gasteiger partial charge is 0.255 e. The minimum absolute atomic E-state index is 0.0503. The van der Waals surface area contributed by atoms with E-state index in [1.807, 2.05) is 0 Å². The number of aromatic nitrogens is 9. The predicted molar refractivity (Wildman–Crippen MR) is 552 cm³/mol. The maximum absolute atomic E-state index is 4.97. The van der Waals surface area contributed by atoms with Gasteiger partial charge in [0.1, 0.15) is 22.4 Å². The van der Waals surface area contributed by atoms with Gasteiger partial charge in [-0.2, -0.15) is 17.9 Å². The van der Waals surface area contributed by atoms with Crippen molar-refractivity contribution >= 4 is 142 Å². The molecule has 0 radical (unpaired) electrons. The summed E-state index contributed by atoms with van der Waals surface area (Å²) in [4.78, 5) is 4.97. The average molecular weight is 1700 g/mol. The van der Waals surface area contributed by atoms with Gasteiger partial charge in [0.25, 0.3) is 22.9 Å². The van der Waals surface area contributed by atoms with Gasteiger partial charge in [-0.3, -0.25) is 4.98 Å². The number of imidazole rings is 4. The monoisotopic (exact) mass is 1700 g/mol. The van der Waals surface area contributed by atoms with E-state index >= 15 is 0 Å². The van der Waals surface area contributed by atoms with E-state index in [9.17, 15) is 0 Å².